The molecule has 6 nitrogen and oxygen atoms in total. The van der Waals surface area contributed by atoms with Crippen molar-refractivity contribution in [1.29, 1.82) is 0 Å². The lowest BCUT2D eigenvalue weighted by Crippen LogP contribution is -2.52. The average Bonchev–Trinajstić information content (AvgIpc) is 3.03. The molecular formula is C22H31N3O3. The number of nitrogens with zero attached hydrogens (tertiary/aromatic N) is 3. The van der Waals surface area contributed by atoms with Gasteiger partial charge < -0.3 is 9.80 Å². The van der Waals surface area contributed by atoms with Crippen molar-refractivity contribution in [1.82, 2.24) is 9.80 Å². The molecule has 0 unspecified atom stereocenters. The average molecular weight is 386 g/mol. The fourth-order valence-electron chi connectivity index (χ4n) is 3.67. The first-order valence-electron chi connectivity index (χ1n) is 10.1. The molecule has 2 heterocycles. The van der Waals surface area contributed by atoms with Gasteiger partial charge in [-0.05, 0) is 19.1 Å². The first kappa shape index (κ1) is 20.5. The molecule has 1 aromatic rings. The third-order valence-electron chi connectivity index (χ3n) is 5.71. The van der Waals surface area contributed by atoms with Crippen LogP contribution in [0, 0.1) is 18.3 Å². The highest BCUT2D eigenvalue weighted by atomic mass is 16.2. The normalized spacial score (nSPS) is 21.3. The van der Waals surface area contributed by atoms with E-state index in [9.17, 15) is 14.4 Å². The van der Waals surface area contributed by atoms with E-state index in [0.29, 0.717) is 39.3 Å². The fourth-order valence-corrected chi connectivity index (χ4v) is 3.67. The molecule has 0 aliphatic carbocycles. The summed E-state index contributed by atoms with van der Waals surface area (Å²) >= 11 is 0. The van der Waals surface area contributed by atoms with Crippen LogP contribution in [0.2, 0.25) is 0 Å². The molecule has 2 amide bonds. The van der Waals surface area contributed by atoms with Crippen LogP contribution in [0.5, 0.6) is 0 Å². The number of rotatable bonds is 4. The molecule has 0 bridgehead atoms. The Morgan fingerprint density at radius 2 is 1.64 bits per heavy atom. The van der Waals surface area contributed by atoms with Gasteiger partial charge in [0.15, 0.2) is 5.78 Å². The van der Waals surface area contributed by atoms with E-state index >= 15 is 0 Å². The van der Waals surface area contributed by atoms with Gasteiger partial charge in [0.25, 0.3) is 0 Å². The number of carbonyl (C=O) groups excluding carboxylic acids is 3. The van der Waals surface area contributed by atoms with Gasteiger partial charge in [-0.15, -0.1) is 0 Å². The van der Waals surface area contributed by atoms with Gasteiger partial charge in [0.2, 0.25) is 11.8 Å². The second-order valence-electron chi connectivity index (χ2n) is 9.02. The lowest BCUT2D eigenvalue weighted by atomic mass is 9.90. The number of ketones is 1. The van der Waals surface area contributed by atoms with Gasteiger partial charge >= 0.3 is 0 Å². The first-order chi connectivity index (χ1) is 13.1. The zero-order valence-corrected chi connectivity index (χ0v) is 17.4. The number of aryl methyl sites for hydroxylation is 1. The van der Waals surface area contributed by atoms with Gasteiger partial charge in [-0.1, -0.05) is 38.5 Å². The number of amides is 2. The Bertz CT molecular complexity index is 743. The van der Waals surface area contributed by atoms with Gasteiger partial charge in [-0.2, -0.15) is 0 Å². The first-order valence-corrected chi connectivity index (χ1v) is 10.1. The maximum absolute atomic E-state index is 12.9. The standard InChI is InChI=1S/C22H31N3O3/c1-16-5-7-18(8-6-16)25-14-17(13-20(25)27)21(28)24-11-9-23(10-12-24)15-19(26)22(2,3)4/h5-8,17H,9-15H2,1-4H3/t17-/m0/s1. The largest absolute Gasteiger partial charge is 0.340 e. The Morgan fingerprint density at radius 1 is 1.04 bits per heavy atom. The van der Waals surface area contributed by atoms with Crippen LogP contribution < -0.4 is 4.90 Å². The molecular weight excluding hydrogens is 354 g/mol. The smallest absolute Gasteiger partial charge is 0.228 e. The van der Waals surface area contributed by atoms with E-state index in [0.717, 1.165) is 11.3 Å². The molecule has 0 N–H and O–H groups in total. The molecule has 2 aliphatic rings. The van der Waals surface area contributed by atoms with Crippen molar-refractivity contribution in [2.45, 2.75) is 34.1 Å². The van der Waals surface area contributed by atoms with E-state index in [1.54, 1.807) is 4.90 Å². The third kappa shape index (κ3) is 4.61. The van der Waals surface area contributed by atoms with Gasteiger partial charge in [0.1, 0.15) is 0 Å². The zero-order chi connectivity index (χ0) is 20.5. The Labute approximate surface area is 167 Å². The molecule has 152 valence electrons. The second kappa shape index (κ2) is 8.03. The molecule has 1 atom stereocenters. The molecule has 1 aromatic carbocycles. The van der Waals surface area contributed by atoms with Crippen LogP contribution in [0.4, 0.5) is 5.69 Å². The molecule has 2 aliphatic heterocycles. The van der Waals surface area contributed by atoms with Crippen molar-refractivity contribution in [2.75, 3.05) is 44.2 Å². The Hall–Kier alpha value is -2.21. The highest BCUT2D eigenvalue weighted by molar-refractivity contribution is 6.00. The topological polar surface area (TPSA) is 60.9 Å². The second-order valence-corrected chi connectivity index (χ2v) is 9.02. The highest BCUT2D eigenvalue weighted by Crippen LogP contribution is 2.27. The number of Topliss-reactive ketones (excluding diaryl/α,β-unsaturated/α-hetero) is 1. The van der Waals surface area contributed by atoms with E-state index < -0.39 is 0 Å². The van der Waals surface area contributed by atoms with E-state index in [4.69, 9.17) is 0 Å². The Kier molecular flexibility index (Phi) is 5.89. The Balaban J connectivity index is 1.54. The number of hydrogen-bond acceptors (Lipinski definition) is 4. The van der Waals surface area contributed by atoms with Crippen LogP contribution in [0.15, 0.2) is 24.3 Å². The van der Waals surface area contributed by atoms with Gasteiger partial charge in [0, 0.05) is 50.2 Å². The van der Waals surface area contributed by atoms with E-state index in [1.807, 2.05) is 56.9 Å². The molecule has 6 heteroatoms. The van der Waals surface area contributed by atoms with Crippen molar-refractivity contribution in [3.63, 3.8) is 0 Å². The van der Waals surface area contributed by atoms with Crippen molar-refractivity contribution in [3.8, 4) is 0 Å². The fraction of sp³-hybridized carbons (Fsp3) is 0.591. The monoisotopic (exact) mass is 385 g/mol. The van der Waals surface area contributed by atoms with Crippen LogP contribution in [-0.4, -0.2) is 66.7 Å². The van der Waals surface area contributed by atoms with Crippen molar-refractivity contribution in [3.05, 3.63) is 29.8 Å². The van der Waals surface area contributed by atoms with E-state index in [1.165, 1.54) is 0 Å². The third-order valence-corrected chi connectivity index (χ3v) is 5.71. The summed E-state index contributed by atoms with van der Waals surface area (Å²) in [5.74, 6) is 0.0142. The number of hydrogen-bond donors (Lipinski definition) is 0. The quantitative estimate of drug-likeness (QED) is 0.796. The minimum atomic E-state index is -0.337. The van der Waals surface area contributed by atoms with Crippen molar-refractivity contribution in [2.24, 2.45) is 11.3 Å². The molecule has 0 aromatic heterocycles. The number of benzene rings is 1. The molecule has 0 saturated carbocycles. The molecule has 28 heavy (non-hydrogen) atoms. The molecule has 2 saturated heterocycles. The van der Waals surface area contributed by atoms with Crippen molar-refractivity contribution < 1.29 is 14.4 Å². The number of carbonyl (C=O) groups is 3. The van der Waals surface area contributed by atoms with Crippen LogP contribution in [0.1, 0.15) is 32.8 Å². The van der Waals surface area contributed by atoms with E-state index in [-0.39, 0.29) is 35.4 Å². The SMILES string of the molecule is Cc1ccc(N2C[C@@H](C(=O)N3CCN(CC(=O)C(C)(C)C)CC3)CC2=O)cc1. The Morgan fingerprint density at radius 3 is 2.21 bits per heavy atom. The van der Waals surface area contributed by atoms with Crippen LogP contribution >= 0.6 is 0 Å². The summed E-state index contributed by atoms with van der Waals surface area (Å²) in [6.07, 6.45) is 0.273. The summed E-state index contributed by atoms with van der Waals surface area (Å²) in [6, 6.07) is 7.84. The summed E-state index contributed by atoms with van der Waals surface area (Å²) in [5.41, 5.74) is 1.67. The minimum absolute atomic E-state index is 0.0108. The summed E-state index contributed by atoms with van der Waals surface area (Å²) in [7, 11) is 0. The number of anilines is 1. The van der Waals surface area contributed by atoms with Gasteiger partial charge in [-0.25, -0.2) is 0 Å². The van der Waals surface area contributed by atoms with E-state index in [2.05, 4.69) is 4.90 Å². The zero-order valence-electron chi connectivity index (χ0n) is 17.4. The van der Waals surface area contributed by atoms with Crippen LogP contribution in [0.25, 0.3) is 0 Å². The summed E-state index contributed by atoms with van der Waals surface area (Å²) in [5, 5.41) is 0. The minimum Gasteiger partial charge on any atom is -0.340 e. The highest BCUT2D eigenvalue weighted by Gasteiger charge is 2.38. The van der Waals surface area contributed by atoms with Gasteiger partial charge in [-0.3, -0.25) is 19.3 Å². The lowest BCUT2D eigenvalue weighted by Gasteiger charge is -2.36. The molecule has 0 radical (unpaired) electrons. The maximum Gasteiger partial charge on any atom is 0.228 e. The number of piperazine rings is 1. The van der Waals surface area contributed by atoms with Crippen LogP contribution in [0.3, 0.4) is 0 Å². The molecule has 2 fully saturated rings. The lowest BCUT2D eigenvalue weighted by molar-refractivity contribution is -0.138. The van der Waals surface area contributed by atoms with Crippen molar-refractivity contribution >= 4 is 23.3 Å². The van der Waals surface area contributed by atoms with Gasteiger partial charge in [0.05, 0.1) is 12.5 Å². The molecule has 3 rings (SSSR count). The summed E-state index contributed by atoms with van der Waals surface area (Å²) in [6.45, 7) is 11.3. The summed E-state index contributed by atoms with van der Waals surface area (Å²) < 4.78 is 0. The predicted molar refractivity (Wildman–Crippen MR) is 109 cm³/mol. The van der Waals surface area contributed by atoms with Crippen LogP contribution in [-0.2, 0) is 14.4 Å². The molecule has 0 spiro atoms. The predicted octanol–water partition coefficient (Wildman–Crippen LogP) is 2.11. The summed E-state index contributed by atoms with van der Waals surface area (Å²) in [4.78, 5) is 43.3. The maximum atomic E-state index is 12.9.